The van der Waals surface area contributed by atoms with Crippen molar-refractivity contribution >= 4 is 10.1 Å². The van der Waals surface area contributed by atoms with Crippen molar-refractivity contribution in [3.63, 3.8) is 0 Å². The molecule has 88 valence electrons. The summed E-state index contributed by atoms with van der Waals surface area (Å²) in [7, 11) is -4.27. The average Bonchev–Trinajstić information content (AvgIpc) is 2.16. The average molecular weight is 258 g/mol. The molecule has 0 bridgehead atoms. The Labute approximate surface area is 118 Å². The van der Waals surface area contributed by atoms with Gasteiger partial charge in [0.2, 0.25) is 0 Å². The molecule has 0 radical (unpaired) electrons. The van der Waals surface area contributed by atoms with Crippen LogP contribution in [0.25, 0.3) is 0 Å². The van der Waals surface area contributed by atoms with E-state index in [0.717, 1.165) is 13.1 Å². The maximum absolute atomic E-state index is 10.3. The van der Waals surface area contributed by atoms with Gasteiger partial charge in [-0.1, -0.05) is 0 Å². The molecule has 6 nitrogen and oxygen atoms in total. The first kappa shape index (κ1) is 16.4. The Bertz CT molecular complexity index is 312. The van der Waals surface area contributed by atoms with Crippen LogP contribution in [0, 0.1) is 0 Å². The largest absolute Gasteiger partial charge is 1.00 e. The molecule has 1 saturated heterocycles. The summed E-state index contributed by atoms with van der Waals surface area (Å²) in [6.07, 6.45) is 1.32. The van der Waals surface area contributed by atoms with Gasteiger partial charge in [-0.25, -0.2) is 8.42 Å². The number of piperazine rings is 1. The third-order valence-electron chi connectivity index (χ3n) is 2.26. The van der Waals surface area contributed by atoms with Crippen molar-refractivity contribution in [3.8, 4) is 0 Å². The molecular formula is C8H15N2NaO4S. The Morgan fingerprint density at radius 1 is 1.25 bits per heavy atom. The van der Waals surface area contributed by atoms with E-state index >= 15 is 0 Å². The summed E-state index contributed by atoms with van der Waals surface area (Å²) in [6.45, 7) is 3.65. The molecule has 16 heavy (non-hydrogen) atoms. The van der Waals surface area contributed by atoms with Crippen molar-refractivity contribution in [2.45, 2.75) is 0 Å². The molecule has 0 atom stereocenters. The zero-order chi connectivity index (χ0) is 11.3. The van der Waals surface area contributed by atoms with E-state index in [-0.39, 0.29) is 36.2 Å². The van der Waals surface area contributed by atoms with Crippen LogP contribution in [0.3, 0.4) is 0 Å². The van der Waals surface area contributed by atoms with E-state index in [1.165, 1.54) is 6.20 Å². The molecule has 1 aliphatic rings. The molecule has 0 unspecified atom stereocenters. The minimum Gasteiger partial charge on any atom is -0.744 e. The van der Waals surface area contributed by atoms with Crippen molar-refractivity contribution in [2.75, 3.05) is 39.3 Å². The summed E-state index contributed by atoms with van der Waals surface area (Å²) in [6, 6.07) is 0. The van der Waals surface area contributed by atoms with Crippen LogP contribution in [0.5, 0.6) is 0 Å². The fraction of sp³-hybridized carbons (Fsp3) is 0.750. The van der Waals surface area contributed by atoms with E-state index in [0.29, 0.717) is 25.0 Å². The number of aliphatic hydroxyl groups excluding tert-OH is 1. The van der Waals surface area contributed by atoms with Crippen LogP contribution in [0.4, 0.5) is 0 Å². The second kappa shape index (κ2) is 7.65. The van der Waals surface area contributed by atoms with Crippen molar-refractivity contribution < 1.29 is 47.6 Å². The monoisotopic (exact) mass is 258 g/mol. The minimum absolute atomic E-state index is 0. The fourth-order valence-corrected chi connectivity index (χ4v) is 1.76. The van der Waals surface area contributed by atoms with Crippen LogP contribution in [0.15, 0.2) is 11.6 Å². The predicted octanol–water partition coefficient (Wildman–Crippen LogP) is -4.38. The Hall–Kier alpha value is 0.370. The van der Waals surface area contributed by atoms with Crippen LogP contribution in [-0.2, 0) is 10.1 Å². The van der Waals surface area contributed by atoms with Gasteiger partial charge in [0.15, 0.2) is 0 Å². The van der Waals surface area contributed by atoms with Gasteiger partial charge in [-0.2, -0.15) is 0 Å². The third-order valence-corrected chi connectivity index (χ3v) is 2.72. The number of nitrogens with zero attached hydrogens (tertiary/aromatic N) is 2. The Kier molecular flexibility index (Phi) is 7.83. The molecule has 0 aromatic heterocycles. The standard InChI is InChI=1S/C8H16N2O4S.Na/c11-7-5-9-1-3-10(4-2-9)6-8-15(12,13)14;/h6,8,11H,1-5,7H2,(H,12,13,14);/q;+1/p-1. The fourth-order valence-electron chi connectivity index (χ4n) is 1.44. The van der Waals surface area contributed by atoms with Crippen LogP contribution in [0.2, 0.25) is 0 Å². The van der Waals surface area contributed by atoms with Gasteiger partial charge >= 0.3 is 29.6 Å². The van der Waals surface area contributed by atoms with Crippen molar-refractivity contribution in [3.05, 3.63) is 11.6 Å². The smallest absolute Gasteiger partial charge is 0.744 e. The van der Waals surface area contributed by atoms with Gasteiger partial charge in [0.25, 0.3) is 0 Å². The van der Waals surface area contributed by atoms with E-state index < -0.39 is 10.1 Å². The van der Waals surface area contributed by atoms with E-state index in [1.54, 1.807) is 4.90 Å². The van der Waals surface area contributed by atoms with Gasteiger partial charge in [0.1, 0.15) is 10.1 Å². The first-order valence-corrected chi connectivity index (χ1v) is 6.20. The number of hydrogen-bond acceptors (Lipinski definition) is 6. The maximum atomic E-state index is 10.3. The van der Waals surface area contributed by atoms with Crippen LogP contribution >= 0.6 is 0 Å². The zero-order valence-electron chi connectivity index (χ0n) is 9.37. The molecule has 0 amide bonds. The first-order valence-electron chi connectivity index (χ1n) is 4.72. The van der Waals surface area contributed by atoms with Gasteiger partial charge in [-0.3, -0.25) is 4.90 Å². The molecule has 0 spiro atoms. The van der Waals surface area contributed by atoms with Crippen molar-refractivity contribution in [1.82, 2.24) is 9.80 Å². The summed E-state index contributed by atoms with van der Waals surface area (Å²) in [5, 5.41) is 9.38. The van der Waals surface area contributed by atoms with Gasteiger partial charge in [0.05, 0.1) is 6.61 Å². The number of rotatable bonds is 4. The topological polar surface area (TPSA) is 83.9 Å². The normalized spacial score (nSPS) is 18.8. The summed E-state index contributed by atoms with van der Waals surface area (Å²) >= 11 is 0. The third kappa shape index (κ3) is 6.85. The van der Waals surface area contributed by atoms with Gasteiger partial charge in [-0.05, 0) is 0 Å². The summed E-state index contributed by atoms with van der Waals surface area (Å²) in [5.41, 5.74) is 0. The van der Waals surface area contributed by atoms with E-state index in [9.17, 15) is 13.0 Å². The molecule has 1 aliphatic heterocycles. The second-order valence-corrected chi connectivity index (χ2v) is 4.64. The molecule has 0 aromatic rings. The Morgan fingerprint density at radius 3 is 2.25 bits per heavy atom. The van der Waals surface area contributed by atoms with Gasteiger partial charge < -0.3 is 14.6 Å². The van der Waals surface area contributed by atoms with Crippen molar-refractivity contribution in [1.29, 1.82) is 0 Å². The summed E-state index contributed by atoms with van der Waals surface area (Å²) in [4.78, 5) is 3.86. The molecule has 0 aliphatic carbocycles. The van der Waals surface area contributed by atoms with Crippen LogP contribution in [0.1, 0.15) is 0 Å². The van der Waals surface area contributed by atoms with Crippen molar-refractivity contribution in [2.24, 2.45) is 0 Å². The molecule has 1 fully saturated rings. The Morgan fingerprint density at radius 2 is 1.81 bits per heavy atom. The predicted molar refractivity (Wildman–Crippen MR) is 53.9 cm³/mol. The number of β-amino-alcohol motifs (C(OH)–C–C–N with tert-alkyl or cyclic N) is 1. The van der Waals surface area contributed by atoms with Gasteiger partial charge in [-0.15, -0.1) is 0 Å². The summed E-state index contributed by atoms with van der Waals surface area (Å²) < 4.78 is 31.0. The minimum atomic E-state index is -4.27. The molecule has 0 saturated carbocycles. The van der Waals surface area contributed by atoms with Crippen LogP contribution < -0.4 is 29.6 Å². The quantitative estimate of drug-likeness (QED) is 0.405. The van der Waals surface area contributed by atoms with E-state index in [2.05, 4.69) is 4.90 Å². The van der Waals surface area contributed by atoms with E-state index in [1.807, 2.05) is 0 Å². The molecule has 0 aromatic carbocycles. The molecular weight excluding hydrogens is 243 g/mol. The summed E-state index contributed by atoms with van der Waals surface area (Å²) in [5.74, 6) is 0. The molecule has 1 N–H and O–H groups in total. The van der Waals surface area contributed by atoms with Gasteiger partial charge in [0, 0.05) is 44.3 Å². The molecule has 1 heterocycles. The Balaban J connectivity index is 0.00000225. The SMILES string of the molecule is O=S(=O)([O-])C=CN1CCN(CCO)CC1.[Na+]. The number of aliphatic hydroxyl groups is 1. The van der Waals surface area contributed by atoms with Crippen LogP contribution in [-0.4, -0.2) is 67.2 Å². The second-order valence-electron chi connectivity index (χ2n) is 3.38. The molecule has 8 heteroatoms. The maximum Gasteiger partial charge on any atom is 1.00 e. The number of hydrogen-bond donors (Lipinski definition) is 1. The molecule has 1 rings (SSSR count). The van der Waals surface area contributed by atoms with E-state index in [4.69, 9.17) is 5.11 Å². The zero-order valence-corrected chi connectivity index (χ0v) is 12.2. The first-order chi connectivity index (χ1) is 7.01.